The highest BCUT2D eigenvalue weighted by Crippen LogP contribution is 2.60. The highest BCUT2D eigenvalue weighted by molar-refractivity contribution is 9.10. The molecule has 122 valence electrons. The summed E-state index contributed by atoms with van der Waals surface area (Å²) in [4.78, 5) is 25.1. The minimum Gasteiger partial charge on any atom is -0.461 e. The number of benzene rings is 1. The maximum Gasteiger partial charge on any atom is 0.310 e. The molecule has 1 amide bonds. The summed E-state index contributed by atoms with van der Waals surface area (Å²) in [5.74, 6) is -0.449. The lowest BCUT2D eigenvalue weighted by Crippen LogP contribution is -2.40. The van der Waals surface area contributed by atoms with Crippen molar-refractivity contribution < 1.29 is 14.3 Å². The summed E-state index contributed by atoms with van der Waals surface area (Å²) in [7, 11) is 0. The normalized spacial score (nSPS) is 37.1. The molecule has 2 bridgehead atoms. The Morgan fingerprint density at radius 3 is 2.57 bits per heavy atom. The molecule has 0 aromatic heterocycles. The summed E-state index contributed by atoms with van der Waals surface area (Å²) in [5, 5.41) is 3.01. The van der Waals surface area contributed by atoms with E-state index in [1.54, 1.807) is 0 Å². The zero-order valence-electron chi connectivity index (χ0n) is 12.8. The van der Waals surface area contributed by atoms with E-state index in [4.69, 9.17) is 4.74 Å². The van der Waals surface area contributed by atoms with E-state index in [2.05, 4.69) is 37.2 Å². The molecule has 4 nitrogen and oxygen atoms in total. The van der Waals surface area contributed by atoms with Crippen LogP contribution in [0.2, 0.25) is 0 Å². The number of esters is 1. The second kappa shape index (κ2) is 5.31. The number of halogens is 2. The number of carbonyl (C=O) groups excluding carboxylic acids is 2. The van der Waals surface area contributed by atoms with Crippen LogP contribution in [0.4, 0.5) is 5.69 Å². The molecule has 2 saturated carbocycles. The summed E-state index contributed by atoms with van der Waals surface area (Å²) < 4.78 is 6.52. The predicted octanol–water partition coefficient (Wildman–Crippen LogP) is 3.58. The molecule has 1 N–H and O–H groups in total. The van der Waals surface area contributed by atoms with E-state index in [0.29, 0.717) is 0 Å². The number of nitrogens with one attached hydrogen (secondary N) is 1. The van der Waals surface area contributed by atoms with Crippen molar-refractivity contribution in [2.75, 3.05) is 5.32 Å². The van der Waals surface area contributed by atoms with Gasteiger partial charge in [0.25, 0.3) is 0 Å². The first kappa shape index (κ1) is 15.6. The molecule has 0 spiro atoms. The fraction of sp³-hybridized carbons (Fsp3) is 0.529. The SMILES string of the molecule is Cc1cc(NC(=O)[C@@H]2[C@H]3C[C@H]4[C@H](OC(=O)[C@@H]42)[C@H]3Br)cc(C)c1Br. The number of fused-ring (bicyclic) bond motifs is 1. The predicted molar refractivity (Wildman–Crippen MR) is 93.4 cm³/mol. The average molecular weight is 443 g/mol. The maximum absolute atomic E-state index is 12.8. The van der Waals surface area contributed by atoms with Crippen molar-refractivity contribution in [3.63, 3.8) is 0 Å². The number of carbonyl (C=O) groups is 2. The molecule has 0 unspecified atom stereocenters. The minimum atomic E-state index is -0.292. The molecule has 1 heterocycles. The van der Waals surface area contributed by atoms with E-state index in [-0.39, 0.29) is 46.5 Å². The first-order chi connectivity index (χ1) is 10.9. The van der Waals surface area contributed by atoms with Crippen molar-refractivity contribution >= 4 is 49.4 Å². The van der Waals surface area contributed by atoms with Gasteiger partial charge in [0.15, 0.2) is 0 Å². The Kier molecular flexibility index (Phi) is 3.61. The number of amides is 1. The second-order valence-electron chi connectivity index (χ2n) is 6.87. The van der Waals surface area contributed by atoms with E-state index in [1.165, 1.54) is 0 Å². The van der Waals surface area contributed by atoms with Crippen LogP contribution in [-0.2, 0) is 14.3 Å². The van der Waals surface area contributed by atoms with Crippen LogP contribution in [0.25, 0.3) is 0 Å². The van der Waals surface area contributed by atoms with Crippen LogP contribution in [0.3, 0.4) is 0 Å². The molecule has 6 atom stereocenters. The molecule has 3 fully saturated rings. The van der Waals surface area contributed by atoms with Crippen LogP contribution >= 0.6 is 31.9 Å². The topological polar surface area (TPSA) is 55.4 Å². The lowest BCUT2D eigenvalue weighted by atomic mass is 9.79. The van der Waals surface area contributed by atoms with Gasteiger partial charge in [0.1, 0.15) is 6.10 Å². The van der Waals surface area contributed by atoms with Crippen LogP contribution in [0.15, 0.2) is 16.6 Å². The van der Waals surface area contributed by atoms with Gasteiger partial charge in [-0.2, -0.15) is 0 Å². The van der Waals surface area contributed by atoms with Gasteiger partial charge in [-0.05, 0) is 49.4 Å². The molecule has 1 aromatic carbocycles. The van der Waals surface area contributed by atoms with E-state index in [1.807, 2.05) is 26.0 Å². The zero-order valence-corrected chi connectivity index (χ0v) is 16.0. The van der Waals surface area contributed by atoms with Crippen molar-refractivity contribution in [3.8, 4) is 0 Å². The zero-order chi connectivity index (χ0) is 16.5. The smallest absolute Gasteiger partial charge is 0.310 e. The Morgan fingerprint density at radius 2 is 1.91 bits per heavy atom. The largest absolute Gasteiger partial charge is 0.461 e. The summed E-state index contributed by atoms with van der Waals surface area (Å²) in [6, 6.07) is 3.90. The highest BCUT2D eigenvalue weighted by atomic mass is 79.9. The monoisotopic (exact) mass is 441 g/mol. The van der Waals surface area contributed by atoms with Gasteiger partial charge in [0.2, 0.25) is 5.91 Å². The van der Waals surface area contributed by atoms with E-state index in [9.17, 15) is 9.59 Å². The van der Waals surface area contributed by atoms with Gasteiger partial charge < -0.3 is 10.1 Å². The molecule has 1 saturated heterocycles. The Morgan fingerprint density at radius 1 is 1.26 bits per heavy atom. The number of alkyl halides is 1. The molecular formula is C17H17Br2NO3. The fourth-order valence-electron chi connectivity index (χ4n) is 4.57. The van der Waals surface area contributed by atoms with Gasteiger partial charge in [-0.25, -0.2) is 0 Å². The lowest BCUT2D eigenvalue weighted by molar-refractivity contribution is -0.145. The van der Waals surface area contributed by atoms with Crippen LogP contribution < -0.4 is 5.32 Å². The molecule has 23 heavy (non-hydrogen) atoms. The van der Waals surface area contributed by atoms with Crippen LogP contribution in [0.1, 0.15) is 17.5 Å². The Hall–Kier alpha value is -0.880. The van der Waals surface area contributed by atoms with Crippen LogP contribution in [0, 0.1) is 37.5 Å². The molecule has 1 aromatic rings. The van der Waals surface area contributed by atoms with Crippen molar-refractivity contribution in [2.45, 2.75) is 31.2 Å². The third kappa shape index (κ3) is 2.21. The van der Waals surface area contributed by atoms with Crippen molar-refractivity contribution in [1.82, 2.24) is 0 Å². The number of hydrogen-bond donors (Lipinski definition) is 1. The summed E-state index contributed by atoms with van der Waals surface area (Å²) in [6.07, 6.45) is 0.853. The van der Waals surface area contributed by atoms with Crippen molar-refractivity contribution in [2.24, 2.45) is 23.7 Å². The Labute approximate surface area is 151 Å². The number of aryl methyl sites for hydroxylation is 2. The quantitative estimate of drug-likeness (QED) is 0.562. The molecule has 6 heteroatoms. The summed E-state index contributed by atoms with van der Waals surface area (Å²) in [5.41, 5.74) is 2.93. The molecular weight excluding hydrogens is 426 g/mol. The molecule has 4 rings (SSSR count). The third-order valence-corrected chi connectivity index (χ3v) is 7.98. The highest BCUT2D eigenvalue weighted by Gasteiger charge is 2.67. The van der Waals surface area contributed by atoms with Gasteiger partial charge >= 0.3 is 5.97 Å². The van der Waals surface area contributed by atoms with Crippen LogP contribution in [-0.4, -0.2) is 22.8 Å². The number of hydrogen-bond acceptors (Lipinski definition) is 3. The first-order valence-electron chi connectivity index (χ1n) is 7.80. The van der Waals surface area contributed by atoms with Gasteiger partial charge in [-0.3, -0.25) is 9.59 Å². The van der Waals surface area contributed by atoms with Gasteiger partial charge in [0.05, 0.1) is 16.7 Å². The van der Waals surface area contributed by atoms with Crippen molar-refractivity contribution in [1.29, 1.82) is 0 Å². The number of rotatable bonds is 2. The standard InChI is InChI=1S/C17H17Br2NO3/c1-6-3-8(4-7(2)13(6)18)20-16(21)11-9-5-10-12(11)17(22)23-15(10)14(9)19/h3-4,9-12,14-15H,5H2,1-2H3,(H,20,21)/t9-,10-,11-,12+,14+,15+/m1/s1. The molecule has 3 aliphatic rings. The summed E-state index contributed by atoms with van der Waals surface area (Å²) >= 11 is 7.17. The molecule has 2 aliphatic carbocycles. The Balaban J connectivity index is 1.60. The number of ether oxygens (including phenoxy) is 1. The molecule has 1 aliphatic heterocycles. The fourth-order valence-corrected chi connectivity index (χ4v) is 5.85. The van der Waals surface area contributed by atoms with Gasteiger partial charge in [-0.1, -0.05) is 31.9 Å². The second-order valence-corrected chi connectivity index (χ2v) is 8.72. The Bertz CT molecular complexity index is 697. The van der Waals surface area contributed by atoms with E-state index < -0.39 is 0 Å². The molecule has 0 radical (unpaired) electrons. The maximum atomic E-state index is 12.8. The van der Waals surface area contributed by atoms with E-state index in [0.717, 1.165) is 27.7 Å². The summed E-state index contributed by atoms with van der Waals surface area (Å²) in [6.45, 7) is 4.00. The van der Waals surface area contributed by atoms with Crippen LogP contribution in [0.5, 0.6) is 0 Å². The van der Waals surface area contributed by atoms with E-state index >= 15 is 0 Å². The van der Waals surface area contributed by atoms with Gasteiger partial charge in [-0.15, -0.1) is 0 Å². The third-order valence-electron chi connectivity index (χ3n) is 5.53. The number of anilines is 1. The lowest BCUT2D eigenvalue weighted by Gasteiger charge is -2.27. The van der Waals surface area contributed by atoms with Crippen molar-refractivity contribution in [3.05, 3.63) is 27.7 Å². The average Bonchev–Trinajstić information content (AvgIpc) is 3.08. The first-order valence-corrected chi connectivity index (χ1v) is 9.51. The minimum absolute atomic E-state index is 0.0429. The van der Waals surface area contributed by atoms with Gasteiger partial charge in [0, 0.05) is 16.1 Å².